The van der Waals surface area contributed by atoms with Crippen molar-refractivity contribution in [2.75, 3.05) is 4.72 Å². The summed E-state index contributed by atoms with van der Waals surface area (Å²) in [4.78, 5) is -0.454. The highest BCUT2D eigenvalue weighted by Crippen LogP contribution is 2.27. The highest BCUT2D eigenvalue weighted by atomic mass is 79.9. The number of hydrogen-bond donors (Lipinski definition) is 1. The molecule has 0 bridgehead atoms. The van der Waals surface area contributed by atoms with Crippen molar-refractivity contribution in [1.29, 1.82) is 0 Å². The first-order valence-corrected chi connectivity index (χ1v) is 8.40. The molecule has 0 aliphatic carbocycles. The fraction of sp³-hybridized carbons (Fsp3) is 0. The fourth-order valence-corrected chi connectivity index (χ4v) is 3.21. The van der Waals surface area contributed by atoms with Crippen LogP contribution < -0.4 is 4.72 Å². The van der Waals surface area contributed by atoms with Gasteiger partial charge in [0.15, 0.2) is 11.6 Å². The monoisotopic (exact) mass is 443 g/mol. The summed E-state index contributed by atoms with van der Waals surface area (Å²) < 4.78 is 66.6. The number of benzene rings is 2. The van der Waals surface area contributed by atoms with Crippen molar-refractivity contribution < 1.29 is 21.6 Å². The van der Waals surface area contributed by atoms with Crippen molar-refractivity contribution in [3.8, 4) is 0 Å². The lowest BCUT2D eigenvalue weighted by atomic mass is 10.3. The predicted molar refractivity (Wildman–Crippen MR) is 79.0 cm³/mol. The van der Waals surface area contributed by atoms with E-state index in [2.05, 4.69) is 31.9 Å². The molecule has 112 valence electrons. The zero-order chi connectivity index (χ0) is 15.8. The summed E-state index contributed by atoms with van der Waals surface area (Å²) in [5.41, 5.74) is -0.832. The van der Waals surface area contributed by atoms with E-state index in [0.717, 1.165) is 24.3 Å². The maximum absolute atomic E-state index is 13.6. The average Bonchev–Trinajstić information content (AvgIpc) is 2.37. The van der Waals surface area contributed by atoms with Gasteiger partial charge in [-0.05, 0) is 46.3 Å². The van der Waals surface area contributed by atoms with Crippen LogP contribution in [0.4, 0.5) is 18.9 Å². The number of anilines is 1. The molecule has 0 aliphatic rings. The predicted octanol–water partition coefficient (Wildman–Crippen LogP) is 4.43. The maximum Gasteiger partial charge on any atom is 0.262 e. The highest BCUT2D eigenvalue weighted by Gasteiger charge is 2.20. The van der Waals surface area contributed by atoms with Gasteiger partial charge in [0.05, 0.1) is 9.37 Å². The van der Waals surface area contributed by atoms with Crippen molar-refractivity contribution >= 4 is 47.6 Å². The van der Waals surface area contributed by atoms with E-state index >= 15 is 0 Å². The minimum atomic E-state index is -4.32. The topological polar surface area (TPSA) is 46.2 Å². The van der Waals surface area contributed by atoms with E-state index < -0.39 is 38.1 Å². The van der Waals surface area contributed by atoms with Crippen LogP contribution in [0, 0.1) is 17.5 Å². The number of sulfonamides is 1. The third kappa shape index (κ3) is 3.58. The Morgan fingerprint density at radius 2 is 1.48 bits per heavy atom. The van der Waals surface area contributed by atoms with E-state index in [0.29, 0.717) is 0 Å². The molecule has 1 N–H and O–H groups in total. The van der Waals surface area contributed by atoms with Gasteiger partial charge in [-0.3, -0.25) is 4.72 Å². The van der Waals surface area contributed by atoms with Gasteiger partial charge in [0.1, 0.15) is 11.5 Å². The largest absolute Gasteiger partial charge is 0.274 e. The molecule has 0 atom stereocenters. The van der Waals surface area contributed by atoms with Crippen LogP contribution in [0.5, 0.6) is 0 Å². The van der Waals surface area contributed by atoms with Gasteiger partial charge < -0.3 is 0 Å². The van der Waals surface area contributed by atoms with Crippen LogP contribution in [0.15, 0.2) is 44.2 Å². The molecule has 21 heavy (non-hydrogen) atoms. The minimum Gasteiger partial charge on any atom is -0.274 e. The van der Waals surface area contributed by atoms with Crippen molar-refractivity contribution in [3.63, 3.8) is 0 Å². The van der Waals surface area contributed by atoms with Gasteiger partial charge in [-0.1, -0.05) is 15.9 Å². The zero-order valence-electron chi connectivity index (χ0n) is 10.0. The lowest BCUT2D eigenvalue weighted by Crippen LogP contribution is -2.15. The minimum absolute atomic E-state index is 0.0717. The van der Waals surface area contributed by atoms with Gasteiger partial charge in [-0.25, -0.2) is 21.6 Å². The van der Waals surface area contributed by atoms with Crippen LogP contribution in [0.25, 0.3) is 0 Å². The van der Waals surface area contributed by atoms with Crippen molar-refractivity contribution in [1.82, 2.24) is 0 Å². The lowest BCUT2D eigenvalue weighted by molar-refractivity contribution is 0.580. The van der Waals surface area contributed by atoms with Gasteiger partial charge in [0.2, 0.25) is 0 Å². The molecular formula is C12H6Br2F3NO2S. The lowest BCUT2D eigenvalue weighted by Gasteiger charge is -2.10. The van der Waals surface area contributed by atoms with E-state index in [1.165, 1.54) is 6.07 Å². The summed E-state index contributed by atoms with van der Waals surface area (Å²) in [6, 6.07) is 4.83. The molecule has 2 rings (SSSR count). The Morgan fingerprint density at radius 3 is 2.00 bits per heavy atom. The summed E-state index contributed by atoms with van der Waals surface area (Å²) in [6.07, 6.45) is 0. The first-order chi connectivity index (χ1) is 9.70. The molecule has 9 heteroatoms. The number of nitrogens with one attached hydrogen (secondary N) is 1. The quantitative estimate of drug-likeness (QED) is 0.761. The van der Waals surface area contributed by atoms with Gasteiger partial charge in [0.25, 0.3) is 10.0 Å². The third-order valence-electron chi connectivity index (χ3n) is 2.44. The van der Waals surface area contributed by atoms with Gasteiger partial charge in [-0.2, -0.15) is 0 Å². The van der Waals surface area contributed by atoms with Crippen molar-refractivity contribution in [2.45, 2.75) is 4.90 Å². The molecule has 0 saturated heterocycles. The molecule has 0 spiro atoms. The van der Waals surface area contributed by atoms with Gasteiger partial charge in [0, 0.05) is 4.47 Å². The Bertz CT molecular complexity index is 789. The number of rotatable bonds is 3. The molecule has 2 aromatic rings. The van der Waals surface area contributed by atoms with Crippen LogP contribution in [0.2, 0.25) is 0 Å². The third-order valence-corrected chi connectivity index (χ3v) is 4.89. The second-order valence-electron chi connectivity index (χ2n) is 3.93. The second kappa shape index (κ2) is 5.98. The normalized spacial score (nSPS) is 11.5. The molecule has 0 amide bonds. The Kier molecular flexibility index (Phi) is 4.64. The number of hydrogen-bond acceptors (Lipinski definition) is 2. The molecule has 0 fully saturated rings. The van der Waals surface area contributed by atoms with Crippen LogP contribution in [0.3, 0.4) is 0 Å². The van der Waals surface area contributed by atoms with Crippen LogP contribution >= 0.6 is 31.9 Å². The Labute approximate surface area is 135 Å². The number of halogens is 5. The first kappa shape index (κ1) is 16.3. The molecule has 0 unspecified atom stereocenters. The van der Waals surface area contributed by atoms with Crippen LogP contribution in [-0.2, 0) is 10.0 Å². The summed E-state index contributed by atoms with van der Waals surface area (Å²) in [7, 11) is -4.32. The summed E-state index contributed by atoms with van der Waals surface area (Å²) in [5.74, 6) is -3.00. The SMILES string of the molecule is O=S(=O)(Nc1c(F)cc(Br)cc1F)c1ccc(Br)c(F)c1. The van der Waals surface area contributed by atoms with Crippen molar-refractivity contribution in [3.05, 3.63) is 56.7 Å². The van der Waals surface area contributed by atoms with E-state index in [1.54, 1.807) is 4.72 Å². The summed E-state index contributed by atoms with van der Waals surface area (Å²) >= 11 is 5.76. The molecule has 0 aliphatic heterocycles. The standard InChI is InChI=1S/C12H6Br2F3NO2S/c13-6-3-10(16)12(11(17)4-6)18-21(19,20)7-1-2-8(14)9(15)5-7/h1-5,18H. The smallest absolute Gasteiger partial charge is 0.262 e. The van der Waals surface area contributed by atoms with Crippen LogP contribution in [-0.4, -0.2) is 8.42 Å². The molecular weight excluding hydrogens is 439 g/mol. The van der Waals surface area contributed by atoms with Crippen molar-refractivity contribution in [2.24, 2.45) is 0 Å². The van der Waals surface area contributed by atoms with E-state index in [9.17, 15) is 21.6 Å². The molecule has 0 aromatic heterocycles. The molecule has 0 radical (unpaired) electrons. The molecule has 2 aromatic carbocycles. The van der Waals surface area contributed by atoms with Gasteiger partial charge in [-0.15, -0.1) is 0 Å². The van der Waals surface area contributed by atoms with E-state index in [1.807, 2.05) is 0 Å². The highest BCUT2D eigenvalue weighted by molar-refractivity contribution is 9.10. The molecule has 3 nitrogen and oxygen atoms in total. The van der Waals surface area contributed by atoms with E-state index in [-0.39, 0.29) is 8.95 Å². The second-order valence-corrected chi connectivity index (χ2v) is 7.38. The van der Waals surface area contributed by atoms with Crippen LogP contribution in [0.1, 0.15) is 0 Å². The molecule has 0 saturated carbocycles. The molecule has 0 heterocycles. The van der Waals surface area contributed by atoms with E-state index in [4.69, 9.17) is 0 Å². The fourth-order valence-electron chi connectivity index (χ4n) is 1.48. The zero-order valence-corrected chi connectivity index (χ0v) is 14.0. The van der Waals surface area contributed by atoms with Gasteiger partial charge >= 0.3 is 0 Å². The maximum atomic E-state index is 13.6. The first-order valence-electron chi connectivity index (χ1n) is 5.33. The Hall–Kier alpha value is -1.06. The summed E-state index contributed by atoms with van der Waals surface area (Å²) in [6.45, 7) is 0. The average molecular weight is 445 g/mol. The summed E-state index contributed by atoms with van der Waals surface area (Å²) in [5, 5.41) is 0. The Balaban J connectivity index is 2.44. The Morgan fingerprint density at radius 1 is 0.905 bits per heavy atom.